The molecular formula is C13H14N2O3. The van der Waals surface area contributed by atoms with Crippen molar-refractivity contribution in [1.82, 2.24) is 9.80 Å². The largest absolute Gasteiger partial charge is 0.497 e. The Labute approximate surface area is 105 Å². The molecule has 0 N–H and O–H groups in total. The molecule has 1 fully saturated rings. The van der Waals surface area contributed by atoms with Gasteiger partial charge in [-0.25, -0.2) is 4.79 Å². The minimum atomic E-state index is -0.320. The number of hydrogen-bond acceptors (Lipinski definition) is 3. The van der Waals surface area contributed by atoms with E-state index >= 15 is 0 Å². The number of carbonyl (C=O) groups excluding carboxylic acids is 2. The zero-order valence-corrected chi connectivity index (χ0v) is 10.5. The standard InChI is InChI=1S/C13H14N2O3/c1-14-11(12(16)15(2)13(14)17)8-9-4-6-10(18-3)7-5-9/h4-8H,1-3H3. The third-order valence-electron chi connectivity index (χ3n) is 2.88. The Hall–Kier alpha value is -2.30. The molecule has 1 aromatic carbocycles. The summed E-state index contributed by atoms with van der Waals surface area (Å²) < 4.78 is 5.06. The summed E-state index contributed by atoms with van der Waals surface area (Å²) in [6, 6.07) is 6.94. The third-order valence-corrected chi connectivity index (χ3v) is 2.88. The van der Waals surface area contributed by atoms with E-state index in [0.29, 0.717) is 5.70 Å². The number of likely N-dealkylation sites (N-methyl/N-ethyl adjacent to an activating group) is 2. The number of methoxy groups -OCH3 is 1. The van der Waals surface area contributed by atoms with Gasteiger partial charge in [-0.15, -0.1) is 0 Å². The number of carbonyl (C=O) groups is 2. The number of amides is 3. The first-order valence-corrected chi connectivity index (χ1v) is 5.46. The first-order valence-electron chi connectivity index (χ1n) is 5.46. The van der Waals surface area contributed by atoms with Gasteiger partial charge in [0.2, 0.25) is 0 Å². The van der Waals surface area contributed by atoms with Crippen molar-refractivity contribution in [3.63, 3.8) is 0 Å². The molecule has 3 amide bonds. The highest BCUT2D eigenvalue weighted by molar-refractivity contribution is 6.13. The second-order valence-electron chi connectivity index (χ2n) is 4.01. The molecule has 5 heteroatoms. The highest BCUT2D eigenvalue weighted by atomic mass is 16.5. The van der Waals surface area contributed by atoms with Gasteiger partial charge in [0, 0.05) is 14.1 Å². The van der Waals surface area contributed by atoms with Crippen molar-refractivity contribution in [3.05, 3.63) is 35.5 Å². The molecule has 1 saturated heterocycles. The summed E-state index contributed by atoms with van der Waals surface area (Å²) in [5.74, 6) is 0.453. The van der Waals surface area contributed by atoms with E-state index in [9.17, 15) is 9.59 Å². The molecule has 0 unspecified atom stereocenters. The second-order valence-corrected chi connectivity index (χ2v) is 4.01. The highest BCUT2D eigenvalue weighted by Gasteiger charge is 2.35. The Bertz CT molecular complexity index is 520. The predicted molar refractivity (Wildman–Crippen MR) is 66.9 cm³/mol. The van der Waals surface area contributed by atoms with Gasteiger partial charge in [-0.05, 0) is 23.8 Å². The fraction of sp³-hybridized carbons (Fsp3) is 0.231. The van der Waals surface area contributed by atoms with E-state index in [1.54, 1.807) is 32.4 Å². The van der Waals surface area contributed by atoms with E-state index in [1.165, 1.54) is 11.9 Å². The average Bonchev–Trinajstić information content (AvgIpc) is 2.57. The average molecular weight is 246 g/mol. The van der Waals surface area contributed by atoms with Crippen molar-refractivity contribution >= 4 is 18.0 Å². The summed E-state index contributed by atoms with van der Waals surface area (Å²) in [5, 5.41) is 0. The van der Waals surface area contributed by atoms with Crippen molar-refractivity contribution in [1.29, 1.82) is 0 Å². The van der Waals surface area contributed by atoms with Gasteiger partial charge in [0.25, 0.3) is 5.91 Å². The quantitative estimate of drug-likeness (QED) is 0.587. The van der Waals surface area contributed by atoms with Crippen LogP contribution in [0.25, 0.3) is 6.08 Å². The maximum Gasteiger partial charge on any atom is 0.331 e. The Kier molecular flexibility index (Phi) is 3.06. The van der Waals surface area contributed by atoms with Gasteiger partial charge in [0.05, 0.1) is 7.11 Å². The number of rotatable bonds is 2. The molecule has 0 bridgehead atoms. The first kappa shape index (κ1) is 12.2. The summed E-state index contributed by atoms with van der Waals surface area (Å²) in [4.78, 5) is 25.8. The van der Waals surface area contributed by atoms with Crippen LogP contribution < -0.4 is 4.74 Å². The normalized spacial score (nSPS) is 17.8. The Morgan fingerprint density at radius 3 is 2.11 bits per heavy atom. The van der Waals surface area contributed by atoms with E-state index in [4.69, 9.17) is 4.74 Å². The molecular weight excluding hydrogens is 232 g/mol. The summed E-state index contributed by atoms with van der Waals surface area (Å²) in [6.07, 6.45) is 1.68. The Morgan fingerprint density at radius 2 is 1.67 bits per heavy atom. The van der Waals surface area contributed by atoms with Gasteiger partial charge >= 0.3 is 6.03 Å². The van der Waals surface area contributed by atoms with Crippen LogP contribution in [0.3, 0.4) is 0 Å². The van der Waals surface area contributed by atoms with E-state index in [0.717, 1.165) is 16.2 Å². The number of ether oxygens (including phenoxy) is 1. The van der Waals surface area contributed by atoms with Crippen molar-refractivity contribution in [2.75, 3.05) is 21.2 Å². The van der Waals surface area contributed by atoms with E-state index < -0.39 is 0 Å². The van der Waals surface area contributed by atoms with Crippen molar-refractivity contribution in [2.24, 2.45) is 0 Å². The van der Waals surface area contributed by atoms with Crippen LogP contribution in [0, 0.1) is 0 Å². The van der Waals surface area contributed by atoms with Gasteiger partial charge in [-0.1, -0.05) is 12.1 Å². The first-order chi connectivity index (χ1) is 8.54. The molecule has 94 valence electrons. The number of urea groups is 1. The van der Waals surface area contributed by atoms with Gasteiger partial charge in [-0.2, -0.15) is 0 Å². The number of benzene rings is 1. The minimum Gasteiger partial charge on any atom is -0.497 e. The van der Waals surface area contributed by atoms with E-state index in [2.05, 4.69) is 0 Å². The van der Waals surface area contributed by atoms with Crippen LogP contribution in [0.2, 0.25) is 0 Å². The molecule has 1 heterocycles. The smallest absolute Gasteiger partial charge is 0.331 e. The Morgan fingerprint density at radius 1 is 1.06 bits per heavy atom. The minimum absolute atomic E-state index is 0.293. The summed E-state index contributed by atoms with van der Waals surface area (Å²) in [7, 11) is 4.64. The zero-order chi connectivity index (χ0) is 13.3. The Balaban J connectivity index is 2.32. The third kappa shape index (κ3) is 1.95. The molecule has 1 aliphatic heterocycles. The lowest BCUT2D eigenvalue weighted by atomic mass is 10.2. The topological polar surface area (TPSA) is 49.9 Å². The fourth-order valence-corrected chi connectivity index (χ4v) is 1.75. The van der Waals surface area contributed by atoms with Gasteiger partial charge in [0.1, 0.15) is 11.4 Å². The molecule has 0 radical (unpaired) electrons. The van der Waals surface area contributed by atoms with Crippen molar-refractivity contribution < 1.29 is 14.3 Å². The molecule has 0 saturated carbocycles. The zero-order valence-electron chi connectivity index (χ0n) is 10.5. The maximum absolute atomic E-state index is 11.8. The van der Waals surface area contributed by atoms with Crippen LogP contribution in [0.1, 0.15) is 5.56 Å². The lowest BCUT2D eigenvalue weighted by Gasteiger charge is -2.07. The molecule has 5 nitrogen and oxygen atoms in total. The summed E-state index contributed by atoms with van der Waals surface area (Å²) in [6.45, 7) is 0. The molecule has 1 aromatic rings. The SMILES string of the molecule is COc1ccc(C=C2C(=O)N(C)C(=O)N2C)cc1. The molecule has 0 spiro atoms. The van der Waals surface area contributed by atoms with Crippen molar-refractivity contribution in [3.8, 4) is 5.75 Å². The summed E-state index contributed by atoms with van der Waals surface area (Å²) in [5.41, 5.74) is 1.21. The predicted octanol–water partition coefficient (Wildman–Crippen LogP) is 1.56. The molecule has 18 heavy (non-hydrogen) atoms. The second kappa shape index (κ2) is 4.52. The van der Waals surface area contributed by atoms with Crippen molar-refractivity contribution in [2.45, 2.75) is 0 Å². The van der Waals surface area contributed by atoms with Gasteiger partial charge < -0.3 is 4.74 Å². The maximum atomic E-state index is 11.8. The number of hydrogen-bond donors (Lipinski definition) is 0. The van der Waals surface area contributed by atoms with Gasteiger partial charge in [0.15, 0.2) is 0 Å². The monoisotopic (exact) mass is 246 g/mol. The van der Waals surface area contributed by atoms with E-state index in [1.807, 2.05) is 12.1 Å². The summed E-state index contributed by atoms with van der Waals surface area (Å²) >= 11 is 0. The van der Waals surface area contributed by atoms with Crippen LogP contribution in [-0.2, 0) is 4.79 Å². The van der Waals surface area contributed by atoms with E-state index in [-0.39, 0.29) is 11.9 Å². The molecule has 0 aliphatic carbocycles. The number of imide groups is 1. The lowest BCUT2D eigenvalue weighted by molar-refractivity contribution is -0.122. The van der Waals surface area contributed by atoms with Crippen LogP contribution in [-0.4, -0.2) is 42.9 Å². The molecule has 2 rings (SSSR count). The van der Waals surface area contributed by atoms with Crippen LogP contribution in [0.15, 0.2) is 30.0 Å². The fourth-order valence-electron chi connectivity index (χ4n) is 1.75. The number of nitrogens with zero attached hydrogens (tertiary/aromatic N) is 2. The molecule has 1 aliphatic rings. The highest BCUT2D eigenvalue weighted by Crippen LogP contribution is 2.21. The van der Waals surface area contributed by atoms with Gasteiger partial charge in [-0.3, -0.25) is 14.6 Å². The molecule has 0 aromatic heterocycles. The molecule has 0 atom stereocenters. The van der Waals surface area contributed by atoms with Crippen LogP contribution in [0.5, 0.6) is 5.75 Å². The van der Waals surface area contributed by atoms with Crippen LogP contribution >= 0.6 is 0 Å². The van der Waals surface area contributed by atoms with Crippen LogP contribution in [0.4, 0.5) is 4.79 Å². The lowest BCUT2D eigenvalue weighted by Crippen LogP contribution is -2.27.